The van der Waals surface area contributed by atoms with E-state index < -0.39 is 11.9 Å². The highest BCUT2D eigenvalue weighted by molar-refractivity contribution is 5.86. The Hall–Kier alpha value is -1.91. The zero-order valence-corrected chi connectivity index (χ0v) is 9.80. The van der Waals surface area contributed by atoms with Crippen LogP contribution in [0, 0.1) is 11.7 Å². The first-order chi connectivity index (χ1) is 8.56. The molecule has 0 spiro atoms. The highest BCUT2D eigenvalue weighted by Crippen LogP contribution is 2.18. The molecule has 18 heavy (non-hydrogen) atoms. The molecule has 0 aliphatic carbocycles. The highest BCUT2D eigenvalue weighted by atomic mass is 19.1. The van der Waals surface area contributed by atoms with Crippen molar-refractivity contribution >= 4 is 11.9 Å². The lowest BCUT2D eigenvalue weighted by Gasteiger charge is -2.15. The van der Waals surface area contributed by atoms with Crippen molar-refractivity contribution in [1.29, 1.82) is 0 Å². The zero-order chi connectivity index (χ0) is 13.1. The third kappa shape index (κ3) is 2.85. The number of hydrogen-bond donors (Lipinski definition) is 1. The monoisotopic (exact) mass is 251 g/mol. The minimum atomic E-state index is -0.934. The molecule has 1 heterocycles. The molecule has 1 fully saturated rings. The van der Waals surface area contributed by atoms with E-state index in [1.165, 1.54) is 17.0 Å². The molecule has 0 aromatic heterocycles. The van der Waals surface area contributed by atoms with Crippen molar-refractivity contribution in [3.05, 3.63) is 35.6 Å². The van der Waals surface area contributed by atoms with Crippen molar-refractivity contribution in [1.82, 2.24) is 4.90 Å². The van der Waals surface area contributed by atoms with E-state index in [-0.39, 0.29) is 24.7 Å². The summed E-state index contributed by atoms with van der Waals surface area (Å²) in [5.41, 5.74) is 0.807. The van der Waals surface area contributed by atoms with Crippen LogP contribution < -0.4 is 0 Å². The van der Waals surface area contributed by atoms with E-state index in [9.17, 15) is 14.0 Å². The standard InChI is InChI=1S/C13H14FNO3/c14-11-3-1-2-9(6-11)4-5-15-8-10(13(17)18)7-12(15)16/h1-3,6,10H,4-5,7-8H2,(H,17,18)/t10-/m0/s1. The van der Waals surface area contributed by atoms with E-state index in [0.717, 1.165) is 5.56 Å². The molecule has 0 radical (unpaired) electrons. The number of carbonyl (C=O) groups excluding carboxylic acids is 1. The van der Waals surface area contributed by atoms with E-state index in [1.54, 1.807) is 12.1 Å². The van der Waals surface area contributed by atoms with Gasteiger partial charge in [0.2, 0.25) is 5.91 Å². The van der Waals surface area contributed by atoms with Gasteiger partial charge in [0, 0.05) is 19.5 Å². The predicted octanol–water partition coefficient (Wildman–Crippen LogP) is 1.30. The number of benzene rings is 1. The van der Waals surface area contributed by atoms with Gasteiger partial charge in [-0.05, 0) is 24.1 Å². The van der Waals surface area contributed by atoms with Gasteiger partial charge in [0.1, 0.15) is 5.82 Å². The average molecular weight is 251 g/mol. The fourth-order valence-corrected chi connectivity index (χ4v) is 2.11. The van der Waals surface area contributed by atoms with E-state index in [2.05, 4.69) is 0 Å². The normalized spacial score (nSPS) is 19.3. The average Bonchev–Trinajstić information content (AvgIpc) is 2.68. The maximum atomic E-state index is 13.0. The molecule has 1 aromatic carbocycles. The summed E-state index contributed by atoms with van der Waals surface area (Å²) in [5.74, 6) is -1.98. The summed E-state index contributed by atoms with van der Waals surface area (Å²) >= 11 is 0. The van der Waals surface area contributed by atoms with Crippen LogP contribution in [0.3, 0.4) is 0 Å². The molecule has 1 amide bonds. The van der Waals surface area contributed by atoms with Crippen molar-refractivity contribution < 1.29 is 19.1 Å². The van der Waals surface area contributed by atoms with Crippen LogP contribution in [0.2, 0.25) is 0 Å². The number of carboxylic acids is 1. The predicted molar refractivity (Wildman–Crippen MR) is 62.4 cm³/mol. The summed E-state index contributed by atoms with van der Waals surface area (Å²) in [6.07, 6.45) is 0.605. The van der Waals surface area contributed by atoms with Gasteiger partial charge >= 0.3 is 5.97 Å². The molecule has 0 unspecified atom stereocenters. The van der Waals surface area contributed by atoms with E-state index in [1.807, 2.05) is 0 Å². The van der Waals surface area contributed by atoms with Crippen molar-refractivity contribution in [2.75, 3.05) is 13.1 Å². The Morgan fingerprint density at radius 3 is 2.89 bits per heavy atom. The fourth-order valence-electron chi connectivity index (χ4n) is 2.11. The van der Waals surface area contributed by atoms with Crippen LogP contribution in [-0.2, 0) is 16.0 Å². The van der Waals surface area contributed by atoms with Gasteiger partial charge in [-0.1, -0.05) is 12.1 Å². The summed E-state index contributed by atoms with van der Waals surface area (Å²) in [7, 11) is 0. The number of rotatable bonds is 4. The van der Waals surface area contributed by atoms with Gasteiger partial charge < -0.3 is 10.0 Å². The van der Waals surface area contributed by atoms with Crippen molar-refractivity contribution in [3.8, 4) is 0 Å². The molecule has 1 N–H and O–H groups in total. The Morgan fingerprint density at radius 2 is 2.28 bits per heavy atom. The molecule has 1 aliphatic heterocycles. The van der Waals surface area contributed by atoms with Gasteiger partial charge in [-0.25, -0.2) is 4.39 Å². The molecule has 0 saturated carbocycles. The molecule has 1 saturated heterocycles. The molecule has 96 valence electrons. The number of aliphatic carboxylic acids is 1. The summed E-state index contributed by atoms with van der Waals surface area (Å²) in [6.45, 7) is 0.690. The third-order valence-corrected chi connectivity index (χ3v) is 3.12. The van der Waals surface area contributed by atoms with Crippen LogP contribution in [0.4, 0.5) is 4.39 Å². The number of amides is 1. The van der Waals surface area contributed by atoms with Gasteiger partial charge in [-0.2, -0.15) is 0 Å². The number of carbonyl (C=O) groups is 2. The maximum Gasteiger partial charge on any atom is 0.308 e. The number of likely N-dealkylation sites (tertiary alicyclic amines) is 1. The SMILES string of the molecule is O=C(O)[C@H]1CC(=O)N(CCc2cccc(F)c2)C1. The lowest BCUT2D eigenvalue weighted by Crippen LogP contribution is -2.28. The Morgan fingerprint density at radius 1 is 1.50 bits per heavy atom. The smallest absolute Gasteiger partial charge is 0.308 e. The van der Waals surface area contributed by atoms with Crippen molar-refractivity contribution in [2.24, 2.45) is 5.92 Å². The largest absolute Gasteiger partial charge is 0.481 e. The molecule has 0 bridgehead atoms. The highest BCUT2D eigenvalue weighted by Gasteiger charge is 2.33. The van der Waals surface area contributed by atoms with E-state index >= 15 is 0 Å². The van der Waals surface area contributed by atoms with Crippen molar-refractivity contribution in [3.63, 3.8) is 0 Å². The van der Waals surface area contributed by atoms with E-state index in [0.29, 0.717) is 13.0 Å². The molecule has 1 atom stereocenters. The number of nitrogens with zero attached hydrogens (tertiary/aromatic N) is 1. The minimum Gasteiger partial charge on any atom is -0.481 e. The van der Waals surface area contributed by atoms with E-state index in [4.69, 9.17) is 5.11 Å². The van der Waals surface area contributed by atoms with Gasteiger partial charge in [-0.15, -0.1) is 0 Å². The molecule has 1 aromatic rings. The molecule has 5 heteroatoms. The number of halogens is 1. The molecule has 4 nitrogen and oxygen atoms in total. The quantitative estimate of drug-likeness (QED) is 0.877. The van der Waals surface area contributed by atoms with Crippen molar-refractivity contribution in [2.45, 2.75) is 12.8 Å². The lowest BCUT2D eigenvalue weighted by molar-refractivity contribution is -0.141. The Labute approximate surface area is 104 Å². The Balaban J connectivity index is 1.91. The molecule has 2 rings (SSSR count). The van der Waals surface area contributed by atoms with Crippen LogP contribution >= 0.6 is 0 Å². The Kier molecular flexibility index (Phi) is 3.60. The van der Waals surface area contributed by atoms with Gasteiger partial charge in [-0.3, -0.25) is 9.59 Å². The van der Waals surface area contributed by atoms with Crippen LogP contribution in [0.1, 0.15) is 12.0 Å². The first-order valence-electron chi connectivity index (χ1n) is 5.81. The number of hydrogen-bond acceptors (Lipinski definition) is 2. The number of carboxylic acid groups (broad SMARTS) is 1. The van der Waals surface area contributed by atoms with Crippen LogP contribution in [0.15, 0.2) is 24.3 Å². The second kappa shape index (κ2) is 5.16. The summed E-state index contributed by atoms with van der Waals surface area (Å²) in [5, 5.41) is 8.84. The van der Waals surface area contributed by atoms with Crippen LogP contribution in [-0.4, -0.2) is 35.0 Å². The zero-order valence-electron chi connectivity index (χ0n) is 9.80. The molecular weight excluding hydrogens is 237 g/mol. The topological polar surface area (TPSA) is 57.6 Å². The third-order valence-electron chi connectivity index (χ3n) is 3.12. The summed E-state index contributed by atoms with van der Waals surface area (Å²) < 4.78 is 13.0. The second-order valence-electron chi connectivity index (χ2n) is 4.46. The van der Waals surface area contributed by atoms with Crippen LogP contribution in [0.5, 0.6) is 0 Å². The summed E-state index contributed by atoms with van der Waals surface area (Å²) in [6, 6.07) is 6.20. The second-order valence-corrected chi connectivity index (χ2v) is 4.46. The summed E-state index contributed by atoms with van der Waals surface area (Å²) in [4.78, 5) is 23.9. The first kappa shape index (κ1) is 12.5. The maximum absolute atomic E-state index is 13.0. The minimum absolute atomic E-state index is 0.0679. The fraction of sp³-hybridized carbons (Fsp3) is 0.385. The van der Waals surface area contributed by atoms with Crippen LogP contribution in [0.25, 0.3) is 0 Å². The Bertz CT molecular complexity index is 475. The van der Waals surface area contributed by atoms with Gasteiger partial charge in [0.05, 0.1) is 5.92 Å². The first-order valence-corrected chi connectivity index (χ1v) is 5.81. The molecule has 1 aliphatic rings. The van der Waals surface area contributed by atoms with Gasteiger partial charge in [0.15, 0.2) is 0 Å². The lowest BCUT2D eigenvalue weighted by atomic mass is 10.1. The molecular formula is C13H14FNO3. The van der Waals surface area contributed by atoms with Gasteiger partial charge in [0.25, 0.3) is 0 Å².